The maximum Gasteiger partial charge on any atom is 0.305 e. The molecule has 3 N–H and O–H groups in total. The fourth-order valence-corrected chi connectivity index (χ4v) is 12.3. The second-order valence-electron chi connectivity index (χ2n) is 26.3. The van der Waals surface area contributed by atoms with Gasteiger partial charge in [-0.2, -0.15) is 0 Å². The highest BCUT2D eigenvalue weighted by Crippen LogP contribution is 2.20. The van der Waals surface area contributed by atoms with Gasteiger partial charge in [0, 0.05) is 12.8 Å². The molecule has 0 heterocycles. The minimum Gasteiger partial charge on any atom is -0.466 e. The van der Waals surface area contributed by atoms with Crippen molar-refractivity contribution in [1.29, 1.82) is 0 Å². The number of esters is 1. The van der Waals surface area contributed by atoms with E-state index in [0.29, 0.717) is 25.9 Å². The lowest BCUT2D eigenvalue weighted by Gasteiger charge is -2.22. The number of aliphatic hydroxyl groups excluding tert-OH is 2. The molecule has 0 aromatic carbocycles. The largest absolute Gasteiger partial charge is 0.466 e. The van der Waals surface area contributed by atoms with E-state index < -0.39 is 12.1 Å². The first-order valence-corrected chi connectivity index (χ1v) is 37.9. The lowest BCUT2D eigenvalue weighted by Crippen LogP contribution is -2.45. The van der Waals surface area contributed by atoms with Crippen LogP contribution in [-0.4, -0.2) is 47.4 Å². The zero-order valence-corrected chi connectivity index (χ0v) is 56.0. The normalized spacial score (nSPS) is 12.5. The highest BCUT2D eigenvalue weighted by atomic mass is 16.5. The Labute approximate surface area is 514 Å². The van der Waals surface area contributed by atoms with Gasteiger partial charge >= 0.3 is 5.97 Å². The van der Waals surface area contributed by atoms with E-state index in [1.807, 2.05) is 0 Å². The summed E-state index contributed by atoms with van der Waals surface area (Å²) in [6.45, 7) is 5.01. The van der Waals surface area contributed by atoms with Crippen molar-refractivity contribution >= 4 is 11.9 Å². The van der Waals surface area contributed by atoms with Crippen molar-refractivity contribution in [2.75, 3.05) is 13.2 Å². The third-order valence-corrected chi connectivity index (χ3v) is 18.1. The molecule has 488 valence electrons. The molecule has 0 bridgehead atoms. The number of hydrogen-bond donors (Lipinski definition) is 3. The van der Waals surface area contributed by atoms with Crippen molar-refractivity contribution in [1.82, 2.24) is 5.32 Å². The van der Waals surface area contributed by atoms with E-state index in [1.165, 1.54) is 366 Å². The molecule has 0 saturated heterocycles. The van der Waals surface area contributed by atoms with Crippen LogP contribution in [0.1, 0.15) is 438 Å². The highest BCUT2D eigenvalue weighted by Gasteiger charge is 2.20. The molecule has 0 aromatic rings. The average Bonchev–Trinajstić information content (AvgIpc) is 3.48. The molecule has 0 fully saturated rings. The molecule has 0 saturated carbocycles. The Hall–Kier alpha value is -1.40. The fourth-order valence-electron chi connectivity index (χ4n) is 12.3. The number of aliphatic hydroxyl groups is 2. The predicted octanol–water partition coefficient (Wildman–Crippen LogP) is 24.7. The number of amides is 1. The Morgan fingerprint density at radius 2 is 0.573 bits per heavy atom. The van der Waals surface area contributed by atoms with Crippen LogP contribution in [-0.2, 0) is 14.3 Å². The molecule has 2 unspecified atom stereocenters. The second kappa shape index (κ2) is 72.1. The van der Waals surface area contributed by atoms with Crippen molar-refractivity contribution < 1.29 is 24.5 Å². The molecule has 0 radical (unpaired) electrons. The molecule has 0 aliphatic carbocycles. The topological polar surface area (TPSA) is 95.9 Å². The minimum absolute atomic E-state index is 0.0186. The summed E-state index contributed by atoms with van der Waals surface area (Å²) in [5.74, 6) is -0.0125. The molecule has 6 nitrogen and oxygen atoms in total. The quantitative estimate of drug-likeness (QED) is 0.0320. The summed E-state index contributed by atoms with van der Waals surface area (Å²) in [7, 11) is 0. The zero-order chi connectivity index (χ0) is 59.2. The smallest absolute Gasteiger partial charge is 0.305 e. The van der Waals surface area contributed by atoms with Gasteiger partial charge in [-0.3, -0.25) is 9.59 Å². The number of rotatable bonds is 72. The number of nitrogens with one attached hydrogen (secondary N) is 1. The van der Waals surface area contributed by atoms with E-state index in [1.54, 1.807) is 0 Å². The van der Waals surface area contributed by atoms with Gasteiger partial charge < -0.3 is 20.3 Å². The van der Waals surface area contributed by atoms with E-state index in [4.69, 9.17) is 4.74 Å². The summed E-state index contributed by atoms with van der Waals surface area (Å²) >= 11 is 0. The Morgan fingerprint density at radius 1 is 0.329 bits per heavy atom. The molecule has 6 heteroatoms. The van der Waals surface area contributed by atoms with E-state index in [0.717, 1.165) is 38.5 Å². The van der Waals surface area contributed by atoms with Gasteiger partial charge in [-0.15, -0.1) is 0 Å². The van der Waals surface area contributed by atoms with Gasteiger partial charge in [0.1, 0.15) is 0 Å². The minimum atomic E-state index is -0.666. The molecular formula is C76H149NO5. The molecule has 0 aromatic heterocycles. The summed E-state index contributed by atoms with van der Waals surface area (Å²) in [5, 5.41) is 23.5. The monoisotopic (exact) mass is 1160 g/mol. The molecule has 2 atom stereocenters. The highest BCUT2D eigenvalue weighted by molar-refractivity contribution is 5.76. The zero-order valence-electron chi connectivity index (χ0n) is 56.0. The third-order valence-electron chi connectivity index (χ3n) is 18.1. The van der Waals surface area contributed by atoms with E-state index in [9.17, 15) is 19.8 Å². The van der Waals surface area contributed by atoms with Crippen LogP contribution >= 0.6 is 0 Å². The van der Waals surface area contributed by atoms with Crippen molar-refractivity contribution in [3.8, 4) is 0 Å². The summed E-state index contributed by atoms with van der Waals surface area (Å²) < 4.78 is 5.50. The summed E-state index contributed by atoms with van der Waals surface area (Å²) in [6.07, 6.45) is 89.9. The van der Waals surface area contributed by atoms with E-state index in [-0.39, 0.29) is 18.5 Å². The molecule has 0 rings (SSSR count). The summed E-state index contributed by atoms with van der Waals surface area (Å²) in [5.41, 5.74) is 0. The average molecular weight is 1160 g/mol. The Bertz CT molecular complexity index is 1240. The van der Waals surface area contributed by atoms with E-state index in [2.05, 4.69) is 31.3 Å². The van der Waals surface area contributed by atoms with Gasteiger partial charge in [0.2, 0.25) is 5.91 Å². The Morgan fingerprint density at radius 3 is 0.866 bits per heavy atom. The van der Waals surface area contributed by atoms with Crippen LogP contribution in [0.3, 0.4) is 0 Å². The third kappa shape index (κ3) is 67.7. The molecular weight excluding hydrogens is 1010 g/mol. The summed E-state index contributed by atoms with van der Waals surface area (Å²) in [6, 6.07) is -0.544. The Balaban J connectivity index is 3.38. The van der Waals surface area contributed by atoms with Crippen LogP contribution in [0.25, 0.3) is 0 Å². The van der Waals surface area contributed by atoms with Crippen molar-refractivity contribution in [3.05, 3.63) is 12.2 Å². The number of hydrogen-bond acceptors (Lipinski definition) is 5. The number of ether oxygens (including phenoxy) is 1. The van der Waals surface area contributed by atoms with Crippen molar-refractivity contribution in [2.24, 2.45) is 0 Å². The molecule has 82 heavy (non-hydrogen) atoms. The number of carbonyl (C=O) groups is 2. The van der Waals surface area contributed by atoms with Crippen LogP contribution in [0.2, 0.25) is 0 Å². The standard InChI is InChI=1S/C76H149NO5/c1-3-5-7-9-11-13-15-17-19-20-21-22-23-28-31-34-37-41-44-48-52-56-60-64-68-74(79)73(72-78)77-75(80)69-65-61-57-53-49-45-42-38-35-32-29-26-24-25-27-30-33-36-39-43-47-51-55-59-63-67-71-82-76(81)70-66-62-58-54-50-46-40-18-16-14-12-10-8-6-4-2/h24,26,73-74,78-79H,3-23,25,27-72H2,1-2H3,(H,77,80)/b26-24-. The lowest BCUT2D eigenvalue weighted by molar-refractivity contribution is -0.143. The van der Waals surface area contributed by atoms with Crippen LogP contribution in [0.4, 0.5) is 0 Å². The predicted molar refractivity (Wildman–Crippen MR) is 361 cm³/mol. The first kappa shape index (κ1) is 80.6. The molecule has 0 aliphatic rings. The number of unbranched alkanes of at least 4 members (excludes halogenated alkanes) is 59. The fraction of sp³-hybridized carbons (Fsp3) is 0.947. The van der Waals surface area contributed by atoms with Crippen molar-refractivity contribution in [2.45, 2.75) is 450 Å². The number of allylic oxidation sites excluding steroid dienone is 2. The maximum atomic E-state index is 12.6. The lowest BCUT2D eigenvalue weighted by atomic mass is 10.0. The van der Waals surface area contributed by atoms with Gasteiger partial charge in [-0.05, 0) is 51.4 Å². The molecule has 0 aliphatic heterocycles. The summed E-state index contributed by atoms with van der Waals surface area (Å²) in [4.78, 5) is 24.7. The van der Waals surface area contributed by atoms with Gasteiger partial charge in [0.25, 0.3) is 0 Å². The van der Waals surface area contributed by atoms with Gasteiger partial charge in [-0.25, -0.2) is 0 Å². The van der Waals surface area contributed by atoms with Crippen LogP contribution in [0.5, 0.6) is 0 Å². The Kier molecular flexibility index (Phi) is 70.8. The first-order valence-electron chi connectivity index (χ1n) is 37.9. The SMILES string of the molecule is CCCCCCCCCCCCCCCCCCCCCCCCCCC(O)C(CO)NC(=O)CCCCCCCCCCCC/C=C\CCCCCCCCCCCCCCOC(=O)CCCCCCCCCCCCCCCCC. The van der Waals surface area contributed by atoms with Gasteiger partial charge in [-0.1, -0.05) is 386 Å². The second-order valence-corrected chi connectivity index (χ2v) is 26.3. The van der Waals surface area contributed by atoms with Crippen LogP contribution < -0.4 is 5.32 Å². The van der Waals surface area contributed by atoms with Crippen molar-refractivity contribution in [3.63, 3.8) is 0 Å². The number of carbonyl (C=O) groups excluding carboxylic acids is 2. The van der Waals surface area contributed by atoms with Crippen LogP contribution in [0.15, 0.2) is 12.2 Å². The maximum absolute atomic E-state index is 12.6. The first-order chi connectivity index (χ1) is 40.5. The molecule has 1 amide bonds. The molecule has 0 spiro atoms. The van der Waals surface area contributed by atoms with Gasteiger partial charge in [0.05, 0.1) is 25.4 Å². The van der Waals surface area contributed by atoms with E-state index >= 15 is 0 Å². The van der Waals surface area contributed by atoms with Crippen LogP contribution in [0, 0.1) is 0 Å². The van der Waals surface area contributed by atoms with Gasteiger partial charge in [0.15, 0.2) is 0 Å².